The van der Waals surface area contributed by atoms with Crippen molar-refractivity contribution in [3.63, 3.8) is 0 Å². The maximum Gasteiger partial charge on any atom is 0.329 e. The van der Waals surface area contributed by atoms with E-state index < -0.39 is 11.5 Å². The average Bonchev–Trinajstić information content (AvgIpc) is 2.47. The first-order valence-corrected chi connectivity index (χ1v) is 7.83. The van der Waals surface area contributed by atoms with Crippen molar-refractivity contribution in [1.29, 1.82) is 0 Å². The maximum absolute atomic E-state index is 12.6. The Morgan fingerprint density at radius 2 is 1.80 bits per heavy atom. The third-order valence-electron chi connectivity index (χ3n) is 4.13. The van der Waals surface area contributed by atoms with Crippen molar-refractivity contribution in [3.05, 3.63) is 33.4 Å². The molecule has 0 aromatic heterocycles. The molecule has 20 heavy (non-hydrogen) atoms. The molecule has 1 aromatic carbocycles. The molecule has 0 heterocycles. The van der Waals surface area contributed by atoms with E-state index in [9.17, 15) is 14.7 Å². The van der Waals surface area contributed by atoms with Crippen LogP contribution in [0.1, 0.15) is 42.5 Å². The molecule has 5 heteroatoms. The third-order valence-corrected chi connectivity index (χ3v) is 5.07. The number of halogens is 1. The molecule has 4 nitrogen and oxygen atoms in total. The molecule has 1 amide bonds. The number of benzene rings is 1. The summed E-state index contributed by atoms with van der Waals surface area (Å²) in [5.74, 6) is -1.10. The van der Waals surface area contributed by atoms with Crippen molar-refractivity contribution in [3.8, 4) is 0 Å². The molecule has 1 N–H and O–H groups in total. The van der Waals surface area contributed by atoms with Gasteiger partial charge in [-0.15, -0.1) is 0 Å². The van der Waals surface area contributed by atoms with Gasteiger partial charge in [-0.25, -0.2) is 4.79 Å². The van der Waals surface area contributed by atoms with Crippen LogP contribution in [0, 0.1) is 3.57 Å². The zero-order valence-electron chi connectivity index (χ0n) is 11.4. The van der Waals surface area contributed by atoms with Gasteiger partial charge in [-0.1, -0.05) is 31.4 Å². The first kappa shape index (κ1) is 15.3. The van der Waals surface area contributed by atoms with Gasteiger partial charge in [0.2, 0.25) is 0 Å². The summed E-state index contributed by atoms with van der Waals surface area (Å²) < 4.78 is 0.846. The van der Waals surface area contributed by atoms with Gasteiger partial charge in [0.15, 0.2) is 0 Å². The Balaban J connectivity index is 2.33. The summed E-state index contributed by atoms with van der Waals surface area (Å²) in [7, 11) is 1.62. The second-order valence-electron chi connectivity index (χ2n) is 5.24. The van der Waals surface area contributed by atoms with Crippen LogP contribution in [0.25, 0.3) is 0 Å². The maximum atomic E-state index is 12.6. The second-order valence-corrected chi connectivity index (χ2v) is 6.40. The van der Waals surface area contributed by atoms with Gasteiger partial charge in [0.25, 0.3) is 5.91 Å². The fourth-order valence-corrected chi connectivity index (χ4v) is 3.46. The number of carbonyl (C=O) groups excluding carboxylic acids is 1. The zero-order chi connectivity index (χ0) is 14.8. The van der Waals surface area contributed by atoms with Gasteiger partial charge in [-0.2, -0.15) is 0 Å². The molecule has 108 valence electrons. The van der Waals surface area contributed by atoms with Gasteiger partial charge in [0, 0.05) is 10.6 Å². The Morgan fingerprint density at radius 1 is 1.20 bits per heavy atom. The van der Waals surface area contributed by atoms with Crippen LogP contribution < -0.4 is 0 Å². The molecule has 0 spiro atoms. The molecule has 1 aliphatic rings. The first-order valence-electron chi connectivity index (χ1n) is 6.75. The van der Waals surface area contributed by atoms with Crippen molar-refractivity contribution >= 4 is 34.5 Å². The molecule has 0 atom stereocenters. The van der Waals surface area contributed by atoms with E-state index in [1.54, 1.807) is 19.2 Å². The summed E-state index contributed by atoms with van der Waals surface area (Å²) in [5.41, 5.74) is -0.476. The van der Waals surface area contributed by atoms with Gasteiger partial charge in [-0.05, 0) is 47.6 Å². The van der Waals surface area contributed by atoms with Crippen molar-refractivity contribution in [1.82, 2.24) is 4.90 Å². The lowest BCUT2D eigenvalue weighted by Gasteiger charge is -2.41. The molecule has 0 radical (unpaired) electrons. The fourth-order valence-electron chi connectivity index (χ4n) is 2.84. The molecular formula is C15H18INO3. The van der Waals surface area contributed by atoms with Gasteiger partial charge < -0.3 is 10.0 Å². The highest BCUT2D eigenvalue weighted by atomic mass is 127. The van der Waals surface area contributed by atoms with Gasteiger partial charge in [0.05, 0.1) is 5.56 Å². The predicted octanol–water partition coefficient (Wildman–Crippen LogP) is 3.15. The minimum Gasteiger partial charge on any atom is -0.479 e. The van der Waals surface area contributed by atoms with Gasteiger partial charge >= 0.3 is 5.97 Å². The number of aliphatic carboxylic acids is 1. The van der Waals surface area contributed by atoms with E-state index in [1.807, 2.05) is 12.1 Å². The van der Waals surface area contributed by atoms with E-state index in [-0.39, 0.29) is 5.91 Å². The van der Waals surface area contributed by atoms with Crippen LogP contribution in [0.4, 0.5) is 0 Å². The van der Waals surface area contributed by atoms with Crippen molar-refractivity contribution in [2.24, 2.45) is 0 Å². The molecule has 0 unspecified atom stereocenters. The van der Waals surface area contributed by atoms with Crippen LogP contribution in [0.2, 0.25) is 0 Å². The summed E-state index contributed by atoms with van der Waals surface area (Å²) in [6.45, 7) is 0. The Labute approximate surface area is 132 Å². The van der Waals surface area contributed by atoms with Crippen molar-refractivity contribution in [2.45, 2.75) is 37.6 Å². The largest absolute Gasteiger partial charge is 0.479 e. The molecule has 1 aliphatic carbocycles. The highest BCUT2D eigenvalue weighted by molar-refractivity contribution is 14.1. The Hall–Kier alpha value is -1.11. The highest BCUT2D eigenvalue weighted by Crippen LogP contribution is 2.34. The molecule has 1 aromatic rings. The number of hydrogen-bond donors (Lipinski definition) is 1. The highest BCUT2D eigenvalue weighted by Gasteiger charge is 2.45. The quantitative estimate of drug-likeness (QED) is 0.811. The number of rotatable bonds is 3. The standard InChI is InChI=1S/C15H18INO3/c1-17(13(18)11-7-3-4-8-12(11)16)15(14(19)20)9-5-2-6-10-15/h3-4,7-8H,2,5-6,9-10H2,1H3,(H,19,20). The molecule has 1 fully saturated rings. The van der Waals surface area contributed by atoms with Gasteiger partial charge in [0.1, 0.15) is 5.54 Å². The second kappa shape index (κ2) is 6.11. The third kappa shape index (κ3) is 2.68. The molecule has 2 rings (SSSR count). The Morgan fingerprint density at radius 3 is 2.35 bits per heavy atom. The average molecular weight is 387 g/mol. The minimum absolute atomic E-state index is 0.209. The fraction of sp³-hybridized carbons (Fsp3) is 0.467. The predicted molar refractivity (Wildman–Crippen MR) is 84.7 cm³/mol. The number of carboxylic acid groups (broad SMARTS) is 1. The van der Waals surface area contributed by atoms with E-state index in [4.69, 9.17) is 0 Å². The van der Waals surface area contributed by atoms with Crippen LogP contribution in [-0.2, 0) is 4.79 Å². The van der Waals surface area contributed by atoms with Gasteiger partial charge in [-0.3, -0.25) is 4.79 Å². The number of likely N-dealkylation sites (N-methyl/N-ethyl adjacent to an activating group) is 1. The normalized spacial score (nSPS) is 17.5. The van der Waals surface area contributed by atoms with E-state index in [2.05, 4.69) is 22.6 Å². The van der Waals surface area contributed by atoms with Crippen molar-refractivity contribution in [2.75, 3.05) is 7.05 Å². The smallest absolute Gasteiger partial charge is 0.329 e. The van der Waals surface area contributed by atoms with E-state index in [1.165, 1.54) is 4.90 Å². The number of nitrogens with zero attached hydrogens (tertiary/aromatic N) is 1. The number of hydrogen-bond acceptors (Lipinski definition) is 2. The van der Waals surface area contributed by atoms with Crippen molar-refractivity contribution < 1.29 is 14.7 Å². The number of carbonyl (C=O) groups is 2. The molecule has 0 bridgehead atoms. The molecule has 1 saturated carbocycles. The Bertz CT molecular complexity index is 524. The van der Waals surface area contributed by atoms with E-state index in [0.717, 1.165) is 22.8 Å². The van der Waals surface area contributed by atoms with E-state index >= 15 is 0 Å². The van der Waals surface area contributed by atoms with Crippen LogP contribution >= 0.6 is 22.6 Å². The van der Waals surface area contributed by atoms with Crippen LogP contribution in [0.5, 0.6) is 0 Å². The lowest BCUT2D eigenvalue weighted by molar-refractivity contribution is -0.151. The number of amides is 1. The summed E-state index contributed by atoms with van der Waals surface area (Å²) >= 11 is 2.11. The molecular weight excluding hydrogens is 369 g/mol. The van der Waals surface area contributed by atoms with Crippen LogP contribution in [0.15, 0.2) is 24.3 Å². The van der Waals surface area contributed by atoms with E-state index in [0.29, 0.717) is 18.4 Å². The lowest BCUT2D eigenvalue weighted by atomic mass is 9.80. The monoisotopic (exact) mass is 387 g/mol. The summed E-state index contributed by atoms with van der Waals surface area (Å²) in [4.78, 5) is 25.8. The Kier molecular flexibility index (Phi) is 4.67. The topological polar surface area (TPSA) is 57.6 Å². The lowest BCUT2D eigenvalue weighted by Crippen LogP contribution is -2.56. The zero-order valence-corrected chi connectivity index (χ0v) is 13.6. The molecule has 0 aliphatic heterocycles. The first-order chi connectivity index (χ1) is 9.49. The summed E-state index contributed by atoms with van der Waals surface area (Å²) in [6, 6.07) is 7.28. The van der Waals surface area contributed by atoms with Crippen LogP contribution in [-0.4, -0.2) is 34.5 Å². The summed E-state index contributed by atoms with van der Waals surface area (Å²) in [6.07, 6.45) is 3.83. The number of carboxylic acids is 1. The minimum atomic E-state index is -1.05. The SMILES string of the molecule is CN(C(=O)c1ccccc1I)C1(C(=O)O)CCCCC1. The van der Waals surface area contributed by atoms with Crippen LogP contribution in [0.3, 0.4) is 0 Å². The summed E-state index contributed by atoms with van der Waals surface area (Å²) in [5, 5.41) is 9.63. The molecule has 0 saturated heterocycles.